The number of allylic oxidation sites excluding steroid dienone is 3. The molecule has 0 N–H and O–H groups in total. The minimum atomic E-state index is -1.88. The van der Waals surface area contributed by atoms with Crippen LogP contribution in [-0.4, -0.2) is 14.4 Å². The molecule has 2 heteroatoms. The lowest BCUT2D eigenvalue weighted by atomic mass is 9.69. The molecule has 6 rings (SSSR count). The van der Waals surface area contributed by atoms with Gasteiger partial charge in [0.1, 0.15) is 0 Å². The Labute approximate surface area is 168 Å². The number of rotatable bonds is 5. The molecule has 3 saturated carbocycles. The van der Waals surface area contributed by atoms with Gasteiger partial charge in [0, 0.05) is 5.41 Å². The van der Waals surface area contributed by atoms with Gasteiger partial charge in [-0.2, -0.15) is 0 Å². The van der Waals surface area contributed by atoms with E-state index in [0.29, 0.717) is 34.1 Å². The van der Waals surface area contributed by atoms with Gasteiger partial charge in [0.25, 0.3) is 0 Å². The third-order valence-electron chi connectivity index (χ3n) is 9.71. The van der Waals surface area contributed by atoms with Crippen molar-refractivity contribution >= 4 is 8.32 Å². The van der Waals surface area contributed by atoms with Crippen LogP contribution < -0.4 is 0 Å². The van der Waals surface area contributed by atoms with Crippen molar-refractivity contribution in [3.05, 3.63) is 23.8 Å². The van der Waals surface area contributed by atoms with Crippen LogP contribution in [0.2, 0.25) is 16.6 Å². The van der Waals surface area contributed by atoms with E-state index in [1.807, 2.05) is 0 Å². The van der Waals surface area contributed by atoms with Gasteiger partial charge in [-0.15, -0.1) is 0 Å². The van der Waals surface area contributed by atoms with Crippen LogP contribution in [0.5, 0.6) is 0 Å². The Kier molecular flexibility index (Phi) is 3.75. The van der Waals surface area contributed by atoms with E-state index >= 15 is 0 Å². The van der Waals surface area contributed by atoms with E-state index in [2.05, 4.69) is 73.6 Å². The second kappa shape index (κ2) is 5.42. The van der Waals surface area contributed by atoms with Crippen LogP contribution in [0.25, 0.3) is 0 Å². The van der Waals surface area contributed by atoms with Crippen LogP contribution in [0.15, 0.2) is 23.8 Å². The van der Waals surface area contributed by atoms with Crippen molar-refractivity contribution in [1.82, 2.24) is 0 Å². The lowest BCUT2D eigenvalue weighted by molar-refractivity contribution is 0.0988. The first-order chi connectivity index (χ1) is 12.6. The SMILES string of the molecule is CC(C)[Si](OC1C2=C[C@@H]3C=C[C@H]4[C@H]5C[C@@H]3[C@]2(CC1(C)C)[C@H]45)(C(C)C)C(C)C. The highest BCUT2D eigenvalue weighted by Crippen LogP contribution is 2.82. The summed E-state index contributed by atoms with van der Waals surface area (Å²) >= 11 is 0. The monoisotopic (exact) mass is 384 g/mol. The van der Waals surface area contributed by atoms with E-state index in [0.717, 1.165) is 23.7 Å². The Balaban J connectivity index is 1.58. The highest BCUT2D eigenvalue weighted by Gasteiger charge is 2.77. The predicted octanol–water partition coefficient (Wildman–Crippen LogP) is 6.97. The van der Waals surface area contributed by atoms with Gasteiger partial charge >= 0.3 is 0 Å². The van der Waals surface area contributed by atoms with Crippen molar-refractivity contribution in [2.24, 2.45) is 40.4 Å². The normalized spacial score (nSPS) is 45.7. The third kappa shape index (κ3) is 2.05. The molecule has 0 aliphatic heterocycles. The maximum atomic E-state index is 7.54. The van der Waals surface area contributed by atoms with Gasteiger partial charge in [-0.1, -0.05) is 73.6 Å². The van der Waals surface area contributed by atoms with Crippen molar-refractivity contribution in [2.45, 2.75) is 91.0 Å². The molecule has 1 nitrogen and oxygen atoms in total. The molecule has 1 unspecified atom stereocenters. The molecule has 3 fully saturated rings. The summed E-state index contributed by atoms with van der Waals surface area (Å²) < 4.78 is 7.54. The maximum Gasteiger partial charge on any atom is 0.201 e. The maximum absolute atomic E-state index is 7.54. The first-order valence-corrected chi connectivity index (χ1v) is 13.8. The van der Waals surface area contributed by atoms with Crippen LogP contribution in [0.3, 0.4) is 0 Å². The van der Waals surface area contributed by atoms with Crippen molar-refractivity contribution in [3.63, 3.8) is 0 Å². The summed E-state index contributed by atoms with van der Waals surface area (Å²) in [5, 5.41) is 0. The molecule has 0 saturated heterocycles. The van der Waals surface area contributed by atoms with Gasteiger partial charge < -0.3 is 4.43 Å². The Morgan fingerprint density at radius 2 is 1.63 bits per heavy atom. The zero-order valence-electron chi connectivity index (χ0n) is 18.8. The van der Waals surface area contributed by atoms with E-state index < -0.39 is 8.32 Å². The zero-order chi connectivity index (χ0) is 19.5. The molecular weight excluding hydrogens is 344 g/mol. The lowest BCUT2D eigenvalue weighted by Crippen LogP contribution is -2.52. The van der Waals surface area contributed by atoms with Crippen molar-refractivity contribution in [3.8, 4) is 0 Å². The first-order valence-electron chi connectivity index (χ1n) is 11.7. The molecule has 27 heavy (non-hydrogen) atoms. The molecule has 150 valence electrons. The number of hydrogen-bond acceptors (Lipinski definition) is 1. The summed E-state index contributed by atoms with van der Waals surface area (Å²) in [6, 6.07) is 0. The largest absolute Gasteiger partial charge is 0.409 e. The van der Waals surface area contributed by atoms with Gasteiger partial charge in [-0.3, -0.25) is 0 Å². The van der Waals surface area contributed by atoms with Crippen molar-refractivity contribution < 1.29 is 4.43 Å². The third-order valence-corrected chi connectivity index (χ3v) is 15.8. The van der Waals surface area contributed by atoms with Crippen molar-refractivity contribution in [2.75, 3.05) is 0 Å². The fraction of sp³-hybridized carbons (Fsp3) is 0.840. The van der Waals surface area contributed by atoms with E-state index in [4.69, 9.17) is 4.43 Å². The second-order valence-corrected chi connectivity index (χ2v) is 17.6. The summed E-state index contributed by atoms with van der Waals surface area (Å²) in [7, 11) is -1.88. The minimum absolute atomic E-state index is 0.276. The molecule has 6 aliphatic carbocycles. The van der Waals surface area contributed by atoms with Crippen LogP contribution in [0.4, 0.5) is 0 Å². The first kappa shape index (κ1) is 18.7. The summed E-state index contributed by atoms with van der Waals surface area (Å²) in [6.45, 7) is 19.7. The quantitative estimate of drug-likeness (QED) is 0.367. The molecule has 0 aromatic rings. The molecule has 0 aromatic carbocycles. The topological polar surface area (TPSA) is 9.23 Å². The average Bonchev–Trinajstić information content (AvgIpc) is 3.02. The summed E-state index contributed by atoms with van der Waals surface area (Å²) in [4.78, 5) is 0. The molecular formula is C25H40OSi. The van der Waals surface area contributed by atoms with Crippen molar-refractivity contribution in [1.29, 1.82) is 0 Å². The summed E-state index contributed by atoms with van der Waals surface area (Å²) in [5.41, 5.74) is 4.52. The van der Waals surface area contributed by atoms with E-state index in [9.17, 15) is 0 Å². The van der Waals surface area contributed by atoms with Gasteiger partial charge in [0.2, 0.25) is 8.32 Å². The Hall–Kier alpha value is -0.343. The van der Waals surface area contributed by atoms with E-state index in [1.165, 1.54) is 12.8 Å². The molecule has 6 aliphatic rings. The smallest absolute Gasteiger partial charge is 0.201 e. The second-order valence-electron chi connectivity index (χ2n) is 12.2. The number of hydrogen-bond donors (Lipinski definition) is 0. The Morgan fingerprint density at radius 3 is 2.22 bits per heavy atom. The molecule has 7 atom stereocenters. The van der Waals surface area contributed by atoms with E-state index in [-0.39, 0.29) is 5.41 Å². The van der Waals surface area contributed by atoms with Crippen LogP contribution in [0, 0.1) is 40.4 Å². The predicted molar refractivity (Wildman–Crippen MR) is 116 cm³/mol. The average molecular weight is 385 g/mol. The van der Waals surface area contributed by atoms with E-state index in [1.54, 1.807) is 5.57 Å². The zero-order valence-corrected chi connectivity index (χ0v) is 19.8. The Morgan fingerprint density at radius 1 is 1.00 bits per heavy atom. The minimum Gasteiger partial charge on any atom is -0.409 e. The van der Waals surface area contributed by atoms with Crippen LogP contribution >= 0.6 is 0 Å². The molecule has 1 spiro atoms. The van der Waals surface area contributed by atoms with Gasteiger partial charge in [0.15, 0.2) is 0 Å². The fourth-order valence-corrected chi connectivity index (χ4v) is 14.7. The standard InChI is InChI=1S/C25H40OSi/c1-14(2)27(15(3)4,16(5)6)26-23-21-11-17-9-10-18-19-12-20(17)25(21,22(18)19)13-24(23,7)8/h9-11,14-20,22-23H,12-13H2,1-8H3/t17-,18-,19+,20-,22+,23?,25-/m0/s1. The molecule has 0 aromatic heterocycles. The Bertz CT molecular complexity index is 692. The highest BCUT2D eigenvalue weighted by atomic mass is 28.4. The van der Waals surface area contributed by atoms with Gasteiger partial charge in [-0.25, -0.2) is 0 Å². The molecule has 6 bridgehead atoms. The van der Waals surface area contributed by atoms with Gasteiger partial charge in [0.05, 0.1) is 6.10 Å². The van der Waals surface area contributed by atoms with Gasteiger partial charge in [-0.05, 0) is 70.0 Å². The molecule has 0 amide bonds. The van der Waals surface area contributed by atoms with Crippen LogP contribution in [0.1, 0.15) is 68.2 Å². The summed E-state index contributed by atoms with van der Waals surface area (Å²) in [5.74, 6) is 4.43. The lowest BCUT2D eigenvalue weighted by Gasteiger charge is -2.47. The highest BCUT2D eigenvalue weighted by molar-refractivity contribution is 6.77. The van der Waals surface area contributed by atoms with Crippen LogP contribution in [-0.2, 0) is 4.43 Å². The summed E-state index contributed by atoms with van der Waals surface area (Å²) in [6.07, 6.45) is 11.1. The molecule has 0 heterocycles. The molecule has 0 radical (unpaired) electrons. The fourth-order valence-electron chi connectivity index (χ4n) is 9.06.